The van der Waals surface area contributed by atoms with Gasteiger partial charge in [0.1, 0.15) is 5.03 Å². The molecule has 212 valence electrons. The third-order valence-electron chi connectivity index (χ3n) is 6.78. The highest BCUT2D eigenvalue weighted by Gasteiger charge is 2.20. The zero-order chi connectivity index (χ0) is 27.2. The Morgan fingerprint density at radius 2 is 2.13 bits per heavy atom. The van der Waals surface area contributed by atoms with E-state index < -0.39 is 0 Å². The zero-order valence-corrected chi connectivity index (χ0v) is 25.0. The van der Waals surface area contributed by atoms with Gasteiger partial charge >= 0.3 is 0 Å². The summed E-state index contributed by atoms with van der Waals surface area (Å²) < 4.78 is 11.9. The Kier molecular flexibility index (Phi) is 13.9. The van der Waals surface area contributed by atoms with Crippen LogP contribution in [0.3, 0.4) is 0 Å². The summed E-state index contributed by atoms with van der Waals surface area (Å²) in [5.74, 6) is 1.83. The van der Waals surface area contributed by atoms with E-state index in [0.29, 0.717) is 18.4 Å². The summed E-state index contributed by atoms with van der Waals surface area (Å²) in [5, 5.41) is 4.71. The smallest absolute Gasteiger partial charge is 0.206 e. The van der Waals surface area contributed by atoms with E-state index in [9.17, 15) is 0 Å². The van der Waals surface area contributed by atoms with Crippen LogP contribution in [0.25, 0.3) is 0 Å². The van der Waals surface area contributed by atoms with Crippen LogP contribution in [0.5, 0.6) is 0 Å². The van der Waals surface area contributed by atoms with Gasteiger partial charge in [0.15, 0.2) is 0 Å². The first-order valence-corrected chi connectivity index (χ1v) is 15.3. The Bertz CT molecular complexity index is 916. The molecule has 3 atom stereocenters. The first-order chi connectivity index (χ1) is 18.5. The topological polar surface area (TPSA) is 62.2 Å². The summed E-state index contributed by atoms with van der Waals surface area (Å²) in [4.78, 5) is 14.2. The van der Waals surface area contributed by atoms with Gasteiger partial charge in [-0.05, 0) is 56.2 Å². The van der Waals surface area contributed by atoms with Crippen LogP contribution in [0, 0.1) is 18.8 Å². The van der Waals surface area contributed by atoms with Crippen LogP contribution in [-0.2, 0) is 9.47 Å². The quantitative estimate of drug-likeness (QED) is 0.168. The number of nitrogens with zero attached hydrogens (tertiary/aromatic N) is 4. The van der Waals surface area contributed by atoms with Gasteiger partial charge in [-0.25, -0.2) is 4.98 Å². The third-order valence-corrected chi connectivity index (χ3v) is 7.66. The van der Waals surface area contributed by atoms with Gasteiger partial charge in [-0.1, -0.05) is 45.4 Å². The van der Waals surface area contributed by atoms with Crippen molar-refractivity contribution < 1.29 is 9.47 Å². The second-order valence-electron chi connectivity index (χ2n) is 10.5. The number of aryl methyl sites for hydroxylation is 1. The fourth-order valence-corrected chi connectivity index (χ4v) is 5.38. The molecule has 0 saturated carbocycles. The number of aliphatic imine (C=N–C) groups is 1. The highest BCUT2D eigenvalue weighted by atomic mass is 32.2. The third kappa shape index (κ3) is 10.8. The molecule has 2 heterocycles. The van der Waals surface area contributed by atoms with Crippen molar-refractivity contribution in [3.63, 3.8) is 0 Å². The number of thioether (sulfide) groups is 1. The maximum Gasteiger partial charge on any atom is 0.206 e. The molecule has 1 saturated heterocycles. The lowest BCUT2D eigenvalue weighted by molar-refractivity contribution is -0.0538. The normalized spacial score (nSPS) is 20.2. The summed E-state index contributed by atoms with van der Waals surface area (Å²) in [6.07, 6.45) is 11.8. The minimum Gasteiger partial charge on any atom is -0.383 e. The number of rotatable bonds is 16. The molecule has 0 amide bonds. The average Bonchev–Trinajstić information content (AvgIpc) is 2.92. The molecule has 3 rings (SSSR count). The second kappa shape index (κ2) is 17.1. The van der Waals surface area contributed by atoms with Crippen molar-refractivity contribution in [3.05, 3.63) is 41.6 Å². The molecule has 1 aromatic heterocycles. The number of unbranched alkanes of at least 4 members (excludes halogenated alkanes) is 1. The van der Waals surface area contributed by atoms with Crippen molar-refractivity contribution >= 4 is 23.7 Å². The first-order valence-electron chi connectivity index (χ1n) is 14.3. The molecular weight excluding hydrogens is 494 g/mol. The molecule has 7 nitrogen and oxygen atoms in total. The molecular formula is C30H49N5O2S. The van der Waals surface area contributed by atoms with E-state index in [-0.39, 0.29) is 6.35 Å². The molecule has 0 bridgehead atoms. The minimum atomic E-state index is -0.261. The minimum absolute atomic E-state index is 0.261. The summed E-state index contributed by atoms with van der Waals surface area (Å²) in [7, 11) is 2.12. The van der Waals surface area contributed by atoms with Crippen LogP contribution in [0.2, 0.25) is 0 Å². The lowest BCUT2D eigenvalue weighted by Gasteiger charge is -2.30. The van der Waals surface area contributed by atoms with Crippen molar-refractivity contribution in [2.45, 2.75) is 58.3 Å². The largest absolute Gasteiger partial charge is 0.383 e. The van der Waals surface area contributed by atoms with Crippen LogP contribution < -0.4 is 5.32 Å². The van der Waals surface area contributed by atoms with Gasteiger partial charge in [0.25, 0.3) is 0 Å². The molecule has 8 heteroatoms. The summed E-state index contributed by atoms with van der Waals surface area (Å²) in [5.41, 5.74) is 3.58. The SMILES string of the molecule is CCCC=NC(OCC1C=CC(CN2CCOCC2)=CC1)N(C)CC(C)CNc1ccc(C)nc1SCC. The second-order valence-corrected chi connectivity index (χ2v) is 11.7. The van der Waals surface area contributed by atoms with Crippen LogP contribution in [0.1, 0.15) is 45.7 Å². The van der Waals surface area contributed by atoms with Gasteiger partial charge in [0.05, 0.1) is 25.5 Å². The predicted octanol–water partition coefficient (Wildman–Crippen LogP) is 5.49. The highest BCUT2D eigenvalue weighted by Crippen LogP contribution is 2.25. The van der Waals surface area contributed by atoms with Crippen molar-refractivity contribution in [2.24, 2.45) is 16.8 Å². The van der Waals surface area contributed by atoms with Crippen LogP contribution in [0.4, 0.5) is 5.69 Å². The molecule has 0 aromatic carbocycles. The maximum atomic E-state index is 6.39. The molecule has 1 aromatic rings. The molecule has 0 spiro atoms. The molecule has 2 aliphatic rings. The predicted molar refractivity (Wildman–Crippen MR) is 161 cm³/mol. The number of anilines is 1. The maximum absolute atomic E-state index is 6.39. The van der Waals surface area contributed by atoms with Crippen molar-refractivity contribution in [1.29, 1.82) is 0 Å². The molecule has 1 aliphatic heterocycles. The Morgan fingerprint density at radius 3 is 2.84 bits per heavy atom. The van der Waals surface area contributed by atoms with E-state index >= 15 is 0 Å². The average molecular weight is 544 g/mol. The number of hydrogen-bond acceptors (Lipinski definition) is 8. The van der Waals surface area contributed by atoms with Crippen LogP contribution in [-0.4, -0.2) is 92.7 Å². The molecule has 1 N–H and O–H groups in total. The zero-order valence-electron chi connectivity index (χ0n) is 24.2. The monoisotopic (exact) mass is 543 g/mol. The van der Waals surface area contributed by atoms with Crippen LogP contribution >= 0.6 is 11.8 Å². The Balaban J connectivity index is 1.47. The van der Waals surface area contributed by atoms with E-state index in [1.165, 1.54) is 5.57 Å². The standard InChI is InChI=1S/C30H49N5O2S/c1-6-8-15-31-30(37-23-27-12-10-26(11-13-27)22-35-16-18-36-19-17-35)34(5)21-24(3)20-32-28-14-9-25(4)33-29(28)38-7-2/h9-12,14-15,24,27,30,32H,6-8,13,16-23H2,1-5H3. The lowest BCUT2D eigenvalue weighted by atomic mass is 9.97. The van der Waals surface area contributed by atoms with Crippen molar-refractivity contribution in [3.8, 4) is 0 Å². The first kappa shape index (κ1) is 30.8. The summed E-state index contributed by atoms with van der Waals surface area (Å²) in [6, 6.07) is 4.22. The Morgan fingerprint density at radius 1 is 1.32 bits per heavy atom. The fraction of sp³-hybridized carbons (Fsp3) is 0.667. The Hall–Kier alpha value is -1.71. The number of aromatic nitrogens is 1. The fourth-order valence-electron chi connectivity index (χ4n) is 4.60. The number of pyridine rings is 1. The van der Waals surface area contributed by atoms with Crippen molar-refractivity contribution in [1.82, 2.24) is 14.8 Å². The number of morpholine rings is 1. The molecule has 3 unspecified atom stereocenters. The molecule has 0 radical (unpaired) electrons. The van der Waals surface area contributed by atoms with Gasteiger partial charge in [0.2, 0.25) is 6.35 Å². The Labute approximate surface area is 235 Å². The lowest BCUT2D eigenvalue weighted by Crippen LogP contribution is -2.38. The van der Waals surface area contributed by atoms with E-state index in [1.807, 2.05) is 13.1 Å². The number of hydrogen-bond donors (Lipinski definition) is 1. The van der Waals surface area contributed by atoms with E-state index in [4.69, 9.17) is 19.5 Å². The van der Waals surface area contributed by atoms with Gasteiger partial charge < -0.3 is 14.8 Å². The van der Waals surface area contributed by atoms with Crippen LogP contribution in [0.15, 0.2) is 46.0 Å². The van der Waals surface area contributed by atoms with Gasteiger partial charge in [-0.2, -0.15) is 0 Å². The summed E-state index contributed by atoms with van der Waals surface area (Å²) in [6.45, 7) is 15.9. The van der Waals surface area contributed by atoms with E-state index in [2.05, 4.69) is 73.3 Å². The number of allylic oxidation sites excluding steroid dienone is 1. The van der Waals surface area contributed by atoms with Gasteiger partial charge in [-0.15, -0.1) is 11.8 Å². The number of ether oxygens (including phenoxy) is 2. The number of nitrogens with one attached hydrogen (secondary N) is 1. The molecule has 1 aliphatic carbocycles. The molecule has 1 fully saturated rings. The summed E-state index contributed by atoms with van der Waals surface area (Å²) >= 11 is 1.79. The van der Waals surface area contributed by atoms with E-state index in [1.54, 1.807) is 11.8 Å². The van der Waals surface area contributed by atoms with E-state index in [0.717, 1.165) is 87.4 Å². The van der Waals surface area contributed by atoms with Gasteiger partial charge in [0, 0.05) is 50.6 Å². The molecule has 38 heavy (non-hydrogen) atoms. The highest BCUT2D eigenvalue weighted by molar-refractivity contribution is 7.99. The van der Waals surface area contributed by atoms with Gasteiger partial charge in [-0.3, -0.25) is 14.8 Å². The van der Waals surface area contributed by atoms with Crippen molar-refractivity contribution in [2.75, 3.05) is 70.7 Å².